The summed E-state index contributed by atoms with van der Waals surface area (Å²) in [6, 6.07) is 4.74. The van der Waals surface area contributed by atoms with E-state index in [0.29, 0.717) is 18.1 Å². The smallest absolute Gasteiger partial charge is 0.128 e. The molecule has 1 saturated heterocycles. The zero-order chi connectivity index (χ0) is 15.2. The van der Waals surface area contributed by atoms with Crippen molar-refractivity contribution in [2.75, 3.05) is 29.9 Å². The highest BCUT2D eigenvalue weighted by molar-refractivity contribution is 5.49. The van der Waals surface area contributed by atoms with Crippen molar-refractivity contribution in [3.63, 3.8) is 0 Å². The molecule has 0 radical (unpaired) electrons. The zero-order valence-electron chi connectivity index (χ0n) is 13.8. The molecule has 1 N–H and O–H groups in total. The molecule has 4 heteroatoms. The van der Waals surface area contributed by atoms with Gasteiger partial charge >= 0.3 is 0 Å². The van der Waals surface area contributed by atoms with E-state index >= 15 is 0 Å². The highest BCUT2D eigenvalue weighted by Crippen LogP contribution is 2.23. The van der Waals surface area contributed by atoms with E-state index in [1.807, 2.05) is 6.20 Å². The molecule has 0 amide bonds. The number of hydrogen-bond acceptors (Lipinski definition) is 4. The van der Waals surface area contributed by atoms with Gasteiger partial charge in [0.05, 0.1) is 18.0 Å². The van der Waals surface area contributed by atoms with Crippen molar-refractivity contribution in [1.82, 2.24) is 4.98 Å². The molecular formula is C17H29N3O. The number of hydrogen-bond donors (Lipinski definition) is 1. The molecule has 0 aromatic carbocycles. The van der Waals surface area contributed by atoms with Crippen molar-refractivity contribution in [2.45, 2.75) is 52.7 Å². The van der Waals surface area contributed by atoms with Crippen molar-refractivity contribution < 1.29 is 4.74 Å². The van der Waals surface area contributed by atoms with Gasteiger partial charge < -0.3 is 15.0 Å². The molecule has 2 rings (SSSR count). The Morgan fingerprint density at radius 3 is 2.67 bits per heavy atom. The van der Waals surface area contributed by atoms with E-state index < -0.39 is 0 Å². The molecule has 1 aliphatic rings. The maximum absolute atomic E-state index is 5.82. The Bertz CT molecular complexity index is 415. The fourth-order valence-electron chi connectivity index (χ4n) is 2.87. The summed E-state index contributed by atoms with van der Waals surface area (Å²) in [5.41, 5.74) is 1.11. The minimum absolute atomic E-state index is 0.374. The van der Waals surface area contributed by atoms with Gasteiger partial charge in [0, 0.05) is 25.7 Å². The van der Waals surface area contributed by atoms with Crippen LogP contribution in [0.15, 0.2) is 18.3 Å². The van der Waals surface area contributed by atoms with Crippen molar-refractivity contribution in [2.24, 2.45) is 5.92 Å². The van der Waals surface area contributed by atoms with Gasteiger partial charge in [-0.25, -0.2) is 4.98 Å². The van der Waals surface area contributed by atoms with Gasteiger partial charge in [-0.15, -0.1) is 0 Å². The summed E-state index contributed by atoms with van der Waals surface area (Å²) in [7, 11) is 0. The molecule has 1 aromatic heterocycles. The van der Waals surface area contributed by atoms with E-state index in [-0.39, 0.29) is 0 Å². The van der Waals surface area contributed by atoms with Crippen LogP contribution in [0.1, 0.15) is 40.5 Å². The van der Waals surface area contributed by atoms with E-state index in [9.17, 15) is 0 Å². The number of nitrogens with zero attached hydrogens (tertiary/aromatic N) is 2. The van der Waals surface area contributed by atoms with E-state index in [1.54, 1.807) is 0 Å². The number of ether oxygens (including phenoxy) is 1. The number of nitrogens with one attached hydrogen (secondary N) is 1. The molecule has 118 valence electrons. The highest BCUT2D eigenvalue weighted by Gasteiger charge is 2.24. The summed E-state index contributed by atoms with van der Waals surface area (Å²) in [5.74, 6) is 1.63. The lowest BCUT2D eigenvalue weighted by Gasteiger charge is -2.33. The van der Waals surface area contributed by atoms with Crippen LogP contribution in [-0.2, 0) is 4.74 Å². The third-order valence-electron chi connectivity index (χ3n) is 4.26. The molecule has 4 nitrogen and oxygen atoms in total. The van der Waals surface area contributed by atoms with Crippen LogP contribution in [0.3, 0.4) is 0 Å². The molecule has 2 atom stereocenters. The number of anilines is 2. The molecule has 2 unspecified atom stereocenters. The van der Waals surface area contributed by atoms with Crippen LogP contribution < -0.4 is 10.2 Å². The van der Waals surface area contributed by atoms with Gasteiger partial charge in [-0.1, -0.05) is 13.8 Å². The fourth-order valence-corrected chi connectivity index (χ4v) is 2.87. The first kappa shape index (κ1) is 16.1. The minimum atomic E-state index is 0.374. The lowest BCUT2D eigenvalue weighted by atomic mass is 9.95. The Kier molecular flexibility index (Phi) is 5.85. The largest absolute Gasteiger partial charge is 0.381 e. The molecular weight excluding hydrogens is 262 g/mol. The van der Waals surface area contributed by atoms with Crippen molar-refractivity contribution >= 4 is 11.5 Å². The van der Waals surface area contributed by atoms with E-state index in [0.717, 1.165) is 44.0 Å². The van der Waals surface area contributed by atoms with Crippen LogP contribution in [0.25, 0.3) is 0 Å². The molecule has 1 fully saturated rings. The summed E-state index contributed by atoms with van der Waals surface area (Å²) in [4.78, 5) is 6.83. The van der Waals surface area contributed by atoms with Crippen LogP contribution in [0.4, 0.5) is 11.5 Å². The number of aromatic nitrogens is 1. The lowest BCUT2D eigenvalue weighted by molar-refractivity contribution is -0.0160. The first-order valence-electron chi connectivity index (χ1n) is 8.23. The number of rotatable bonds is 6. The van der Waals surface area contributed by atoms with Crippen LogP contribution in [0, 0.1) is 5.92 Å². The second-order valence-corrected chi connectivity index (χ2v) is 6.10. The second kappa shape index (κ2) is 7.64. The summed E-state index contributed by atoms with van der Waals surface area (Å²) in [5, 5.41) is 3.61. The topological polar surface area (TPSA) is 37.4 Å². The Morgan fingerprint density at radius 1 is 1.33 bits per heavy atom. The normalized spacial score (nSPS) is 22.3. The predicted molar refractivity (Wildman–Crippen MR) is 89.0 cm³/mol. The fraction of sp³-hybridized carbons (Fsp3) is 0.706. The molecule has 0 spiro atoms. The van der Waals surface area contributed by atoms with E-state index in [1.165, 1.54) is 0 Å². The number of pyridine rings is 1. The van der Waals surface area contributed by atoms with Crippen molar-refractivity contribution in [3.05, 3.63) is 18.3 Å². The molecule has 0 aliphatic carbocycles. The lowest BCUT2D eigenvalue weighted by Crippen LogP contribution is -2.36. The van der Waals surface area contributed by atoms with Crippen molar-refractivity contribution in [3.8, 4) is 0 Å². The molecule has 0 saturated carbocycles. The quantitative estimate of drug-likeness (QED) is 0.870. The molecule has 0 bridgehead atoms. The summed E-state index contributed by atoms with van der Waals surface area (Å²) in [6.45, 7) is 11.6. The summed E-state index contributed by atoms with van der Waals surface area (Å²) in [6.07, 6.45) is 4.48. The SMILES string of the molecule is CCN(CC)c1ccc(NC2CCOC(C(C)C)C2)cn1. The third kappa shape index (κ3) is 4.34. The Morgan fingerprint density at radius 2 is 2.10 bits per heavy atom. The van der Waals surface area contributed by atoms with Crippen molar-refractivity contribution in [1.29, 1.82) is 0 Å². The minimum Gasteiger partial charge on any atom is -0.381 e. The third-order valence-corrected chi connectivity index (χ3v) is 4.26. The monoisotopic (exact) mass is 291 g/mol. The van der Waals surface area contributed by atoms with Crippen LogP contribution in [-0.4, -0.2) is 36.8 Å². The maximum atomic E-state index is 5.82. The Balaban J connectivity index is 1.94. The first-order chi connectivity index (χ1) is 10.1. The maximum Gasteiger partial charge on any atom is 0.128 e. The Hall–Kier alpha value is -1.29. The first-order valence-corrected chi connectivity index (χ1v) is 8.23. The Labute approximate surface area is 128 Å². The van der Waals surface area contributed by atoms with E-state index in [2.05, 4.69) is 55.0 Å². The van der Waals surface area contributed by atoms with Crippen LogP contribution >= 0.6 is 0 Å². The zero-order valence-corrected chi connectivity index (χ0v) is 13.8. The van der Waals surface area contributed by atoms with Gasteiger partial charge in [0.1, 0.15) is 5.82 Å². The van der Waals surface area contributed by atoms with Crippen LogP contribution in [0.2, 0.25) is 0 Å². The molecule has 1 aromatic rings. The summed E-state index contributed by atoms with van der Waals surface area (Å²) < 4.78 is 5.82. The predicted octanol–water partition coefficient (Wildman–Crippen LogP) is 3.54. The average Bonchev–Trinajstić information content (AvgIpc) is 2.50. The van der Waals surface area contributed by atoms with Gasteiger partial charge in [0.15, 0.2) is 0 Å². The van der Waals surface area contributed by atoms with Gasteiger partial charge in [-0.2, -0.15) is 0 Å². The molecule has 21 heavy (non-hydrogen) atoms. The van der Waals surface area contributed by atoms with Gasteiger partial charge in [-0.05, 0) is 44.7 Å². The molecule has 1 aliphatic heterocycles. The van der Waals surface area contributed by atoms with Gasteiger partial charge in [0.25, 0.3) is 0 Å². The molecule has 2 heterocycles. The highest BCUT2D eigenvalue weighted by atomic mass is 16.5. The van der Waals surface area contributed by atoms with Gasteiger partial charge in [-0.3, -0.25) is 0 Å². The average molecular weight is 291 g/mol. The second-order valence-electron chi connectivity index (χ2n) is 6.10. The standard InChI is InChI=1S/C17H29N3O/c1-5-20(6-2)17-8-7-15(12-18-17)19-14-9-10-21-16(11-14)13(3)4/h7-8,12-14,16,19H,5-6,9-11H2,1-4H3. The van der Waals surface area contributed by atoms with E-state index in [4.69, 9.17) is 4.74 Å². The van der Waals surface area contributed by atoms with Gasteiger partial charge in [0.2, 0.25) is 0 Å². The summed E-state index contributed by atoms with van der Waals surface area (Å²) >= 11 is 0. The van der Waals surface area contributed by atoms with Crippen LogP contribution in [0.5, 0.6) is 0 Å².